The maximum Gasteiger partial charge on any atom is 0.358 e. The van der Waals surface area contributed by atoms with E-state index in [9.17, 15) is 4.79 Å². The summed E-state index contributed by atoms with van der Waals surface area (Å²) in [5, 5.41) is 4.53. The second-order valence-electron chi connectivity index (χ2n) is 6.02. The van der Waals surface area contributed by atoms with Crippen LogP contribution in [0.3, 0.4) is 0 Å². The molecule has 2 heterocycles. The molecule has 0 radical (unpaired) electrons. The summed E-state index contributed by atoms with van der Waals surface area (Å²) in [6, 6.07) is 1.78. The van der Waals surface area contributed by atoms with E-state index in [1.807, 2.05) is 19.1 Å². The number of imidazole rings is 1. The topological polar surface area (TPSA) is 56.5 Å². The van der Waals surface area contributed by atoms with Gasteiger partial charge in [-0.2, -0.15) is 5.10 Å². The van der Waals surface area contributed by atoms with Crippen molar-refractivity contribution in [1.29, 1.82) is 0 Å². The van der Waals surface area contributed by atoms with Crippen molar-refractivity contribution in [2.24, 2.45) is 0 Å². The van der Waals surface area contributed by atoms with Crippen molar-refractivity contribution in [3.63, 3.8) is 0 Å². The van der Waals surface area contributed by atoms with Gasteiger partial charge in [-0.05, 0) is 24.8 Å². The highest BCUT2D eigenvalue weighted by molar-refractivity contribution is 6.29. The smallest absolute Gasteiger partial charge is 0.358 e. The van der Waals surface area contributed by atoms with Crippen LogP contribution in [0, 0.1) is 0 Å². The van der Waals surface area contributed by atoms with Gasteiger partial charge in [0.25, 0.3) is 0 Å². The lowest BCUT2D eigenvalue weighted by Gasteiger charge is -2.19. The van der Waals surface area contributed by atoms with E-state index in [1.165, 1.54) is 4.52 Å². The fraction of sp³-hybridized carbons (Fsp3) is 0.438. The maximum absolute atomic E-state index is 12.0. The predicted octanol–water partition coefficient (Wildman–Crippen LogP) is 3.80. The highest BCUT2D eigenvalue weighted by atomic mass is 35.5. The molecule has 0 atom stereocenters. The quantitative estimate of drug-likeness (QED) is 0.488. The SMILES string of the molecule is C/C=C\CCOC(=O)c1cn2nc(Cl)cc(C(C)(C)C)c2n1. The fourth-order valence-corrected chi connectivity index (χ4v) is 2.25. The molecule has 0 aliphatic heterocycles. The minimum atomic E-state index is -0.453. The number of ether oxygens (including phenoxy) is 1. The monoisotopic (exact) mass is 321 g/mol. The Morgan fingerprint density at radius 1 is 1.45 bits per heavy atom. The van der Waals surface area contributed by atoms with Crippen LogP contribution in [0.2, 0.25) is 5.15 Å². The van der Waals surface area contributed by atoms with Crippen LogP contribution < -0.4 is 0 Å². The molecular formula is C16H20ClN3O2. The zero-order chi connectivity index (χ0) is 16.3. The Bertz CT molecular complexity index is 714. The van der Waals surface area contributed by atoms with Crippen LogP contribution in [0.25, 0.3) is 5.65 Å². The Kier molecular flexibility index (Phi) is 4.86. The van der Waals surface area contributed by atoms with E-state index in [-0.39, 0.29) is 11.1 Å². The number of hydrogen-bond donors (Lipinski definition) is 0. The number of aromatic nitrogens is 3. The van der Waals surface area contributed by atoms with Crippen molar-refractivity contribution >= 4 is 23.2 Å². The van der Waals surface area contributed by atoms with Gasteiger partial charge in [0.2, 0.25) is 0 Å². The van der Waals surface area contributed by atoms with Crippen LogP contribution in [0.5, 0.6) is 0 Å². The lowest BCUT2D eigenvalue weighted by atomic mass is 9.88. The standard InChI is InChI=1S/C16H20ClN3O2/c1-5-6-7-8-22-15(21)12-10-20-14(18-12)11(16(2,3)4)9-13(17)19-20/h5-6,9-10H,7-8H2,1-4H3/b6-5-. The summed E-state index contributed by atoms with van der Waals surface area (Å²) in [6.45, 7) is 8.43. The van der Waals surface area contributed by atoms with Crippen molar-refractivity contribution in [1.82, 2.24) is 14.6 Å². The molecule has 0 aromatic carbocycles. The van der Waals surface area contributed by atoms with Crippen LogP contribution in [0.4, 0.5) is 0 Å². The van der Waals surface area contributed by atoms with Gasteiger partial charge in [-0.25, -0.2) is 14.3 Å². The number of carbonyl (C=O) groups is 1. The molecule has 0 aliphatic carbocycles. The number of fused-ring (bicyclic) bond motifs is 1. The molecule has 118 valence electrons. The molecule has 2 aromatic heterocycles. The van der Waals surface area contributed by atoms with E-state index in [1.54, 1.807) is 12.3 Å². The minimum Gasteiger partial charge on any atom is -0.461 e. The van der Waals surface area contributed by atoms with Crippen molar-refractivity contribution in [2.45, 2.75) is 39.5 Å². The molecular weight excluding hydrogens is 302 g/mol. The number of allylic oxidation sites excluding steroid dienone is 1. The van der Waals surface area contributed by atoms with Crippen LogP contribution in [0.1, 0.15) is 50.2 Å². The third-order valence-electron chi connectivity index (χ3n) is 3.17. The minimum absolute atomic E-state index is 0.160. The summed E-state index contributed by atoms with van der Waals surface area (Å²) in [4.78, 5) is 16.4. The second kappa shape index (κ2) is 6.48. The van der Waals surface area contributed by atoms with E-state index < -0.39 is 5.97 Å². The average molecular weight is 322 g/mol. The highest BCUT2D eigenvalue weighted by Crippen LogP contribution is 2.27. The third kappa shape index (κ3) is 3.65. The summed E-state index contributed by atoms with van der Waals surface area (Å²) in [5.41, 5.74) is 1.63. The summed E-state index contributed by atoms with van der Waals surface area (Å²) >= 11 is 6.05. The first-order valence-electron chi connectivity index (χ1n) is 7.17. The first-order chi connectivity index (χ1) is 10.3. The molecule has 2 aromatic rings. The van der Waals surface area contributed by atoms with Gasteiger partial charge >= 0.3 is 5.97 Å². The van der Waals surface area contributed by atoms with E-state index in [2.05, 4.69) is 30.9 Å². The molecule has 0 amide bonds. The highest BCUT2D eigenvalue weighted by Gasteiger charge is 2.22. The second-order valence-corrected chi connectivity index (χ2v) is 6.41. The van der Waals surface area contributed by atoms with Gasteiger partial charge < -0.3 is 4.74 Å². The van der Waals surface area contributed by atoms with E-state index >= 15 is 0 Å². The maximum atomic E-state index is 12.0. The summed E-state index contributed by atoms with van der Waals surface area (Å²) < 4.78 is 6.72. The zero-order valence-electron chi connectivity index (χ0n) is 13.3. The Balaban J connectivity index is 2.32. The zero-order valence-corrected chi connectivity index (χ0v) is 14.0. The van der Waals surface area contributed by atoms with Crippen LogP contribution in [-0.4, -0.2) is 27.2 Å². The first kappa shape index (κ1) is 16.5. The Labute approximate surface area is 134 Å². The molecule has 0 saturated carbocycles. The van der Waals surface area contributed by atoms with Gasteiger partial charge in [0.05, 0.1) is 12.8 Å². The molecule has 0 aliphatic rings. The number of hydrogen-bond acceptors (Lipinski definition) is 4. The van der Waals surface area contributed by atoms with Crippen molar-refractivity contribution in [3.05, 3.63) is 40.8 Å². The normalized spacial score (nSPS) is 12.2. The van der Waals surface area contributed by atoms with Crippen LogP contribution >= 0.6 is 11.6 Å². The van der Waals surface area contributed by atoms with Gasteiger partial charge in [-0.3, -0.25) is 0 Å². The van der Waals surface area contributed by atoms with E-state index in [0.29, 0.717) is 23.8 Å². The third-order valence-corrected chi connectivity index (χ3v) is 3.35. The summed E-state index contributed by atoms with van der Waals surface area (Å²) in [7, 11) is 0. The Morgan fingerprint density at radius 2 is 2.18 bits per heavy atom. The molecule has 0 fully saturated rings. The molecule has 0 spiro atoms. The van der Waals surface area contributed by atoms with Crippen LogP contribution in [-0.2, 0) is 10.2 Å². The Morgan fingerprint density at radius 3 is 2.82 bits per heavy atom. The van der Waals surface area contributed by atoms with Gasteiger partial charge in [0, 0.05) is 5.56 Å². The number of rotatable bonds is 4. The lowest BCUT2D eigenvalue weighted by Crippen LogP contribution is -2.14. The molecule has 0 N–H and O–H groups in total. The molecule has 6 heteroatoms. The molecule has 0 bridgehead atoms. The van der Waals surface area contributed by atoms with E-state index in [0.717, 1.165) is 5.56 Å². The summed E-state index contributed by atoms with van der Waals surface area (Å²) in [6.07, 6.45) is 6.09. The predicted molar refractivity (Wildman–Crippen MR) is 86.4 cm³/mol. The molecule has 5 nitrogen and oxygen atoms in total. The first-order valence-corrected chi connectivity index (χ1v) is 7.55. The van der Waals surface area contributed by atoms with E-state index in [4.69, 9.17) is 16.3 Å². The fourth-order valence-electron chi connectivity index (χ4n) is 2.06. The number of halogens is 1. The van der Waals surface area contributed by atoms with Crippen LogP contribution in [0.15, 0.2) is 24.4 Å². The largest absolute Gasteiger partial charge is 0.461 e. The number of esters is 1. The van der Waals surface area contributed by atoms with Gasteiger partial charge in [0.1, 0.15) is 5.15 Å². The Hall–Kier alpha value is -1.88. The van der Waals surface area contributed by atoms with Gasteiger partial charge in [0.15, 0.2) is 11.3 Å². The average Bonchev–Trinajstić information content (AvgIpc) is 2.85. The van der Waals surface area contributed by atoms with Gasteiger partial charge in [-0.15, -0.1) is 0 Å². The lowest BCUT2D eigenvalue weighted by molar-refractivity contribution is 0.0505. The van der Waals surface area contributed by atoms with Gasteiger partial charge in [-0.1, -0.05) is 44.5 Å². The number of carbonyl (C=O) groups excluding carboxylic acids is 1. The molecule has 0 unspecified atom stereocenters. The van der Waals surface area contributed by atoms with Crippen molar-refractivity contribution < 1.29 is 9.53 Å². The molecule has 2 rings (SSSR count). The summed E-state index contributed by atoms with van der Waals surface area (Å²) in [5.74, 6) is -0.453. The molecule has 22 heavy (non-hydrogen) atoms. The van der Waals surface area contributed by atoms with Crippen molar-refractivity contribution in [2.75, 3.05) is 6.61 Å². The van der Waals surface area contributed by atoms with Crippen molar-refractivity contribution in [3.8, 4) is 0 Å². The molecule has 0 saturated heterocycles. The number of nitrogens with zero attached hydrogens (tertiary/aromatic N) is 3.